The zero-order chi connectivity index (χ0) is 16.1. The molecule has 2 fully saturated rings. The summed E-state index contributed by atoms with van der Waals surface area (Å²) >= 11 is 0. The van der Waals surface area contributed by atoms with E-state index in [4.69, 9.17) is 10.5 Å². The summed E-state index contributed by atoms with van der Waals surface area (Å²) in [6.07, 6.45) is 6.40. The van der Waals surface area contributed by atoms with E-state index in [1.54, 1.807) is 0 Å². The Morgan fingerprint density at radius 2 is 1.87 bits per heavy atom. The first-order valence-electron chi connectivity index (χ1n) is 8.87. The van der Waals surface area contributed by atoms with Crippen LogP contribution in [0, 0.1) is 5.41 Å². The molecule has 4 nitrogen and oxygen atoms in total. The van der Waals surface area contributed by atoms with E-state index < -0.39 is 5.41 Å². The largest absolute Gasteiger partial charge is 0.381 e. The first-order valence-corrected chi connectivity index (χ1v) is 8.87. The standard InChI is InChI=1S/C19H28N2O2/c20-18(22)19(10-12-23-13-11-19)14-21-17-9-5-4-8-16(17)15-6-2-1-3-7-15/h1-3,6-7,16-17,21H,4-5,8-14H2,(H2,20,22). The summed E-state index contributed by atoms with van der Waals surface area (Å²) in [5, 5.41) is 3.71. The van der Waals surface area contributed by atoms with Crippen LogP contribution in [0.15, 0.2) is 30.3 Å². The van der Waals surface area contributed by atoms with Gasteiger partial charge in [-0.15, -0.1) is 0 Å². The predicted molar refractivity (Wildman–Crippen MR) is 91.1 cm³/mol. The van der Waals surface area contributed by atoms with Crippen molar-refractivity contribution < 1.29 is 9.53 Å². The molecule has 1 saturated carbocycles. The second kappa shape index (κ2) is 7.45. The van der Waals surface area contributed by atoms with E-state index in [9.17, 15) is 4.79 Å². The van der Waals surface area contributed by atoms with Crippen molar-refractivity contribution in [2.75, 3.05) is 19.8 Å². The molecule has 1 amide bonds. The Labute approximate surface area is 138 Å². The third-order valence-electron chi connectivity index (χ3n) is 5.67. The lowest BCUT2D eigenvalue weighted by Crippen LogP contribution is -2.51. The number of hydrogen-bond acceptors (Lipinski definition) is 3. The summed E-state index contributed by atoms with van der Waals surface area (Å²) in [6, 6.07) is 11.2. The number of primary amides is 1. The molecule has 1 aromatic rings. The first kappa shape index (κ1) is 16.5. The fourth-order valence-electron chi connectivity index (χ4n) is 4.07. The molecule has 2 atom stereocenters. The molecule has 0 spiro atoms. The molecule has 2 aliphatic rings. The molecular weight excluding hydrogens is 288 g/mol. The Morgan fingerprint density at radius 3 is 2.57 bits per heavy atom. The van der Waals surface area contributed by atoms with Crippen molar-refractivity contribution in [3.63, 3.8) is 0 Å². The number of nitrogens with one attached hydrogen (secondary N) is 1. The highest BCUT2D eigenvalue weighted by Crippen LogP contribution is 2.35. The monoisotopic (exact) mass is 316 g/mol. The van der Waals surface area contributed by atoms with Crippen LogP contribution in [0.1, 0.15) is 50.0 Å². The molecular formula is C19H28N2O2. The van der Waals surface area contributed by atoms with Gasteiger partial charge in [0, 0.05) is 25.8 Å². The fraction of sp³-hybridized carbons (Fsp3) is 0.632. The lowest BCUT2D eigenvalue weighted by molar-refractivity contribution is -0.133. The molecule has 2 unspecified atom stereocenters. The Hall–Kier alpha value is -1.39. The molecule has 1 saturated heterocycles. The first-order chi connectivity index (χ1) is 11.2. The Bertz CT molecular complexity index is 511. The zero-order valence-corrected chi connectivity index (χ0v) is 13.8. The highest BCUT2D eigenvalue weighted by molar-refractivity contribution is 5.81. The average molecular weight is 316 g/mol. The van der Waals surface area contributed by atoms with E-state index in [1.807, 2.05) is 0 Å². The van der Waals surface area contributed by atoms with Gasteiger partial charge in [-0.1, -0.05) is 43.2 Å². The van der Waals surface area contributed by atoms with Crippen LogP contribution in [0.3, 0.4) is 0 Å². The fourth-order valence-corrected chi connectivity index (χ4v) is 4.07. The number of hydrogen-bond donors (Lipinski definition) is 2. The van der Waals surface area contributed by atoms with E-state index in [1.165, 1.54) is 31.2 Å². The van der Waals surface area contributed by atoms with Crippen LogP contribution in [0.25, 0.3) is 0 Å². The van der Waals surface area contributed by atoms with Crippen LogP contribution in [-0.4, -0.2) is 31.7 Å². The third-order valence-corrected chi connectivity index (χ3v) is 5.67. The molecule has 1 aliphatic carbocycles. The summed E-state index contributed by atoms with van der Waals surface area (Å²) in [5.41, 5.74) is 6.70. The topological polar surface area (TPSA) is 64.4 Å². The number of benzene rings is 1. The second-order valence-electron chi connectivity index (χ2n) is 7.05. The number of ether oxygens (including phenoxy) is 1. The van der Waals surface area contributed by atoms with Crippen molar-refractivity contribution in [1.29, 1.82) is 0 Å². The molecule has 0 radical (unpaired) electrons. The molecule has 3 N–H and O–H groups in total. The SMILES string of the molecule is NC(=O)C1(CNC2CCCCC2c2ccccc2)CCOCC1. The molecule has 126 valence electrons. The number of rotatable bonds is 5. The summed E-state index contributed by atoms with van der Waals surface area (Å²) in [7, 11) is 0. The maximum absolute atomic E-state index is 12.0. The highest BCUT2D eigenvalue weighted by Gasteiger charge is 2.39. The maximum atomic E-state index is 12.0. The van der Waals surface area contributed by atoms with E-state index >= 15 is 0 Å². The van der Waals surface area contributed by atoms with Gasteiger partial charge in [-0.05, 0) is 37.2 Å². The maximum Gasteiger partial charge on any atom is 0.225 e. The lowest BCUT2D eigenvalue weighted by Gasteiger charge is -2.39. The second-order valence-corrected chi connectivity index (χ2v) is 7.05. The number of amides is 1. The molecule has 1 aromatic carbocycles. The molecule has 0 bridgehead atoms. The van der Waals surface area contributed by atoms with Crippen LogP contribution >= 0.6 is 0 Å². The number of carbonyl (C=O) groups excluding carboxylic acids is 1. The van der Waals surface area contributed by atoms with E-state index in [-0.39, 0.29) is 5.91 Å². The van der Waals surface area contributed by atoms with Gasteiger partial charge in [0.05, 0.1) is 5.41 Å². The molecule has 23 heavy (non-hydrogen) atoms. The van der Waals surface area contributed by atoms with Gasteiger partial charge in [-0.3, -0.25) is 4.79 Å². The summed E-state index contributed by atoms with van der Waals surface area (Å²) in [4.78, 5) is 12.0. The quantitative estimate of drug-likeness (QED) is 0.877. The summed E-state index contributed by atoms with van der Waals surface area (Å²) < 4.78 is 5.42. The van der Waals surface area contributed by atoms with E-state index in [2.05, 4.69) is 35.6 Å². The molecule has 0 aromatic heterocycles. The van der Waals surface area contributed by atoms with Gasteiger partial charge < -0.3 is 15.8 Å². The van der Waals surface area contributed by atoms with Crippen molar-refractivity contribution in [2.45, 2.75) is 50.5 Å². The van der Waals surface area contributed by atoms with Gasteiger partial charge in [0.1, 0.15) is 0 Å². The van der Waals surface area contributed by atoms with Gasteiger partial charge in [0.25, 0.3) is 0 Å². The van der Waals surface area contributed by atoms with Gasteiger partial charge in [0.2, 0.25) is 5.91 Å². The molecule has 3 rings (SSSR count). The minimum Gasteiger partial charge on any atom is -0.381 e. The summed E-state index contributed by atoms with van der Waals surface area (Å²) in [6.45, 7) is 1.95. The van der Waals surface area contributed by atoms with Gasteiger partial charge in [-0.2, -0.15) is 0 Å². The minimum absolute atomic E-state index is 0.180. The van der Waals surface area contributed by atoms with Crippen molar-refractivity contribution >= 4 is 5.91 Å². The predicted octanol–water partition coefficient (Wildman–Crippen LogP) is 2.58. The van der Waals surface area contributed by atoms with Crippen molar-refractivity contribution in [3.05, 3.63) is 35.9 Å². The highest BCUT2D eigenvalue weighted by atomic mass is 16.5. The summed E-state index contributed by atoms with van der Waals surface area (Å²) in [5.74, 6) is 0.357. The van der Waals surface area contributed by atoms with Crippen molar-refractivity contribution in [3.8, 4) is 0 Å². The van der Waals surface area contributed by atoms with Crippen molar-refractivity contribution in [1.82, 2.24) is 5.32 Å². The number of carbonyl (C=O) groups is 1. The Morgan fingerprint density at radius 1 is 1.17 bits per heavy atom. The zero-order valence-electron chi connectivity index (χ0n) is 13.8. The van der Waals surface area contributed by atoms with E-state index in [0.717, 1.165) is 12.8 Å². The van der Waals surface area contributed by atoms with Gasteiger partial charge in [0.15, 0.2) is 0 Å². The molecule has 1 aliphatic heterocycles. The van der Waals surface area contributed by atoms with Crippen LogP contribution in [0.2, 0.25) is 0 Å². The van der Waals surface area contributed by atoms with E-state index in [0.29, 0.717) is 31.7 Å². The van der Waals surface area contributed by atoms with Crippen molar-refractivity contribution in [2.24, 2.45) is 11.1 Å². The van der Waals surface area contributed by atoms with Gasteiger partial charge in [-0.25, -0.2) is 0 Å². The normalized spacial score (nSPS) is 27.5. The van der Waals surface area contributed by atoms with Crippen LogP contribution in [-0.2, 0) is 9.53 Å². The third kappa shape index (κ3) is 3.75. The molecule has 4 heteroatoms. The van der Waals surface area contributed by atoms with Crippen LogP contribution < -0.4 is 11.1 Å². The van der Waals surface area contributed by atoms with Crippen LogP contribution in [0.4, 0.5) is 0 Å². The average Bonchev–Trinajstić information content (AvgIpc) is 2.62. The Kier molecular flexibility index (Phi) is 5.34. The Balaban J connectivity index is 1.68. The lowest BCUT2D eigenvalue weighted by atomic mass is 9.76. The molecule has 1 heterocycles. The minimum atomic E-state index is -0.434. The number of nitrogens with two attached hydrogens (primary N) is 1. The van der Waals surface area contributed by atoms with Crippen LogP contribution in [0.5, 0.6) is 0 Å². The smallest absolute Gasteiger partial charge is 0.225 e. The van der Waals surface area contributed by atoms with Gasteiger partial charge >= 0.3 is 0 Å².